The van der Waals surface area contributed by atoms with Gasteiger partial charge in [0, 0.05) is 30.7 Å². The minimum Gasteiger partial charge on any atom is -0.477 e. The minimum atomic E-state index is -2.61. The molecule has 0 bridgehead atoms. The van der Waals surface area contributed by atoms with Gasteiger partial charge in [0.05, 0.1) is 16.7 Å². The summed E-state index contributed by atoms with van der Waals surface area (Å²) in [6.45, 7) is 13.5. The van der Waals surface area contributed by atoms with Crippen molar-refractivity contribution < 1.29 is 23.8 Å². The molecule has 2 atom stereocenters. The number of hydrogen-bond donors (Lipinski definition) is 1. The number of amides is 1. The normalized spacial score (nSPS) is 24.9. The molecule has 6 nitrogen and oxygen atoms in total. The topological polar surface area (TPSA) is 83.9 Å². The Labute approximate surface area is 219 Å². The first-order valence-electron chi connectivity index (χ1n) is 12.8. The van der Waals surface area contributed by atoms with Gasteiger partial charge in [-0.15, -0.1) is 11.3 Å². The third-order valence-corrected chi connectivity index (χ3v) is 8.58. The number of carbonyl (C=O) groups excluding carboxylic acids is 1. The zero-order valence-corrected chi connectivity index (χ0v) is 24.3. The molecule has 3 rings (SSSR count). The molecule has 1 heterocycles. The van der Waals surface area contributed by atoms with Crippen molar-refractivity contribution in [1.82, 2.24) is 0 Å². The quantitative estimate of drug-likeness (QED) is 0.241. The summed E-state index contributed by atoms with van der Waals surface area (Å²) in [5, 5.41) is 10.1. The highest BCUT2D eigenvalue weighted by Crippen LogP contribution is 2.44. The van der Waals surface area contributed by atoms with Crippen molar-refractivity contribution in [2.45, 2.75) is 85.3 Å². The van der Waals surface area contributed by atoms with E-state index < -0.39 is 13.3 Å². The maximum atomic E-state index is 14.1. The van der Waals surface area contributed by atoms with Crippen LogP contribution in [0.15, 0.2) is 17.7 Å². The van der Waals surface area contributed by atoms with Gasteiger partial charge in [-0.1, -0.05) is 30.4 Å². The minimum absolute atomic E-state index is 0.0112. The van der Waals surface area contributed by atoms with Gasteiger partial charge in [0.25, 0.3) is 0 Å². The summed E-state index contributed by atoms with van der Waals surface area (Å²) in [5.74, 6) is 5.25. The Bertz CT molecular complexity index is 1120. The highest BCUT2D eigenvalue weighted by Gasteiger charge is 2.39. The summed E-state index contributed by atoms with van der Waals surface area (Å²) in [6, 6.07) is 1.65. The van der Waals surface area contributed by atoms with Crippen LogP contribution in [-0.2, 0) is 13.9 Å². The number of carboxylic acids is 1. The average Bonchev–Trinajstić information content (AvgIpc) is 3.16. The molecule has 1 aromatic heterocycles. The van der Waals surface area contributed by atoms with E-state index in [4.69, 9.17) is 4.52 Å². The van der Waals surface area contributed by atoms with Gasteiger partial charge in [-0.3, -0.25) is 9.36 Å². The maximum absolute atomic E-state index is 14.1. The van der Waals surface area contributed by atoms with E-state index >= 15 is 0 Å². The lowest BCUT2D eigenvalue weighted by Gasteiger charge is -2.40. The third-order valence-electron chi connectivity index (χ3n) is 6.74. The monoisotopic (exact) mass is 533 g/mol. The Morgan fingerprint density at radius 3 is 2.36 bits per heavy atom. The lowest BCUT2D eigenvalue weighted by atomic mass is 9.79. The Morgan fingerprint density at radius 2 is 1.83 bits per heavy atom. The molecule has 36 heavy (non-hydrogen) atoms. The van der Waals surface area contributed by atoms with E-state index in [-0.39, 0.29) is 40.2 Å². The van der Waals surface area contributed by atoms with Gasteiger partial charge in [-0.25, -0.2) is 4.79 Å². The summed E-state index contributed by atoms with van der Waals surface area (Å²) < 4.78 is 18.0. The average molecular weight is 534 g/mol. The van der Waals surface area contributed by atoms with Crippen molar-refractivity contribution in [3.63, 3.8) is 0 Å². The lowest BCUT2D eigenvalue weighted by Crippen LogP contribution is -2.48. The van der Waals surface area contributed by atoms with Gasteiger partial charge >= 0.3 is 5.97 Å². The van der Waals surface area contributed by atoms with Crippen molar-refractivity contribution in [3.8, 4) is 11.8 Å². The number of nitrogens with zero attached hydrogens (tertiary/aromatic N) is 1. The van der Waals surface area contributed by atoms with E-state index in [2.05, 4.69) is 31.8 Å². The molecule has 1 aromatic rings. The Kier molecular flexibility index (Phi) is 8.97. The summed E-state index contributed by atoms with van der Waals surface area (Å²) in [4.78, 5) is 29.0. The molecule has 1 saturated carbocycles. The molecule has 8 heteroatoms. The number of allylic oxidation sites excluding steroid dienone is 2. The van der Waals surface area contributed by atoms with E-state index in [0.29, 0.717) is 42.7 Å². The van der Waals surface area contributed by atoms with Crippen molar-refractivity contribution in [2.75, 3.05) is 18.2 Å². The van der Waals surface area contributed by atoms with Gasteiger partial charge in [0.1, 0.15) is 4.88 Å². The van der Waals surface area contributed by atoms with Crippen LogP contribution in [0.5, 0.6) is 0 Å². The van der Waals surface area contributed by atoms with Crippen LogP contribution >= 0.6 is 18.7 Å². The number of thiophene rings is 1. The number of aromatic carboxylic acids is 1. The maximum Gasteiger partial charge on any atom is 0.348 e. The molecule has 2 aliphatic rings. The predicted octanol–water partition coefficient (Wildman–Crippen LogP) is 7.03. The second-order valence-electron chi connectivity index (χ2n) is 11.7. The van der Waals surface area contributed by atoms with Crippen LogP contribution in [-0.4, -0.2) is 42.5 Å². The first-order chi connectivity index (χ1) is 16.6. The molecule has 198 valence electrons. The Hall–Kier alpha value is -1.87. The Balaban J connectivity index is 2.00. The molecule has 0 unspecified atom stereocenters. The van der Waals surface area contributed by atoms with Crippen LogP contribution in [0.3, 0.4) is 0 Å². The first-order valence-corrected chi connectivity index (χ1v) is 16.1. The number of carboxylic acid groups (broad SMARTS) is 1. The fraction of sp³-hybridized carbons (Fsp3) is 0.643. The second-order valence-corrected chi connectivity index (χ2v) is 15.5. The molecule has 0 radical (unpaired) electrons. The highest BCUT2D eigenvalue weighted by atomic mass is 32.1. The first kappa shape index (κ1) is 28.7. The predicted molar refractivity (Wildman–Crippen MR) is 147 cm³/mol. The summed E-state index contributed by atoms with van der Waals surface area (Å²) in [7, 11) is -2.61. The molecule has 0 aromatic carbocycles. The molecule has 1 amide bonds. The molecular formula is C28H40NO5PS. The third kappa shape index (κ3) is 7.57. The van der Waals surface area contributed by atoms with E-state index in [1.807, 2.05) is 20.8 Å². The molecular weight excluding hydrogens is 493 g/mol. The van der Waals surface area contributed by atoms with E-state index in [0.717, 1.165) is 17.8 Å². The van der Waals surface area contributed by atoms with Gasteiger partial charge < -0.3 is 14.5 Å². The smallest absolute Gasteiger partial charge is 0.348 e. The highest BCUT2D eigenvalue weighted by molar-refractivity contribution is 7.57. The van der Waals surface area contributed by atoms with Crippen LogP contribution in [0.4, 0.5) is 5.69 Å². The number of anilines is 1. The number of hydrogen-bond acceptors (Lipinski definition) is 5. The van der Waals surface area contributed by atoms with Crippen LogP contribution in [0.1, 0.15) is 87.7 Å². The summed E-state index contributed by atoms with van der Waals surface area (Å²) in [5.41, 5.74) is 1.53. The van der Waals surface area contributed by atoms with Crippen molar-refractivity contribution in [1.29, 1.82) is 0 Å². The van der Waals surface area contributed by atoms with Crippen molar-refractivity contribution >= 4 is 36.3 Å². The van der Waals surface area contributed by atoms with Crippen LogP contribution in [0, 0.1) is 29.1 Å². The molecule has 0 aliphatic heterocycles. The van der Waals surface area contributed by atoms with Crippen molar-refractivity contribution in [2.24, 2.45) is 17.3 Å². The SMILES string of the molecule is CC1=CC[C@H](C(=O)N(c2cc(C#CC(C)(C)C)sc2C(=O)O)[C@H]2CC[C@H](OP(C)(C)=O)CC2)[C@@H](C)C1. The van der Waals surface area contributed by atoms with E-state index in [1.54, 1.807) is 24.3 Å². The standard InChI is InChI=1S/C28H40NO5PS/c1-18-8-13-23(19(2)16-18)26(30)29(20-9-11-21(12-10-20)34-35(6,7)33)24-17-22(14-15-28(3,4)5)36-25(24)27(31)32/h8,17,19-21,23H,9-13,16H2,1-7H3,(H,31,32)/t19-,20-,21-,23-/m0/s1. The molecule has 2 aliphatic carbocycles. The van der Waals surface area contributed by atoms with Gasteiger partial charge in [-0.05, 0) is 78.2 Å². The fourth-order valence-electron chi connectivity index (χ4n) is 5.10. The van der Waals surface area contributed by atoms with Gasteiger partial charge in [0.15, 0.2) is 7.37 Å². The molecule has 1 N–H and O–H groups in total. The fourth-order valence-corrected chi connectivity index (χ4v) is 6.87. The van der Waals surface area contributed by atoms with Crippen molar-refractivity contribution in [3.05, 3.63) is 27.5 Å². The number of rotatable bonds is 6. The zero-order valence-electron chi connectivity index (χ0n) is 22.6. The Morgan fingerprint density at radius 1 is 1.19 bits per heavy atom. The molecule has 0 saturated heterocycles. The zero-order chi connectivity index (χ0) is 26.8. The van der Waals surface area contributed by atoms with Gasteiger partial charge in [0.2, 0.25) is 5.91 Å². The number of carbonyl (C=O) groups is 2. The van der Waals surface area contributed by atoms with E-state index in [9.17, 15) is 19.3 Å². The van der Waals surface area contributed by atoms with Crippen LogP contribution < -0.4 is 4.90 Å². The van der Waals surface area contributed by atoms with Crippen LogP contribution in [0.25, 0.3) is 0 Å². The lowest BCUT2D eigenvalue weighted by molar-refractivity contribution is -0.124. The van der Waals surface area contributed by atoms with Gasteiger partial charge in [-0.2, -0.15) is 0 Å². The van der Waals surface area contributed by atoms with E-state index in [1.165, 1.54) is 5.57 Å². The van der Waals surface area contributed by atoms with Crippen LogP contribution in [0.2, 0.25) is 0 Å². The largest absolute Gasteiger partial charge is 0.477 e. The molecule has 1 fully saturated rings. The summed E-state index contributed by atoms with van der Waals surface area (Å²) in [6.07, 6.45) is 6.27. The summed E-state index contributed by atoms with van der Waals surface area (Å²) >= 11 is 1.13. The second kappa shape index (κ2) is 11.3. The molecule has 0 spiro atoms.